The Balaban J connectivity index is 1.89. The first-order valence-corrected chi connectivity index (χ1v) is 13.6. The van der Waals surface area contributed by atoms with Crippen LogP contribution < -0.4 is 0 Å². The van der Waals surface area contributed by atoms with Crippen molar-refractivity contribution in [1.82, 2.24) is 0 Å². The highest BCUT2D eigenvalue weighted by Gasteiger charge is 2.37. The first-order valence-electron chi connectivity index (χ1n) is 10.7. The van der Waals surface area contributed by atoms with E-state index in [0.717, 1.165) is 16.7 Å². The van der Waals surface area contributed by atoms with Crippen LogP contribution in [-0.4, -0.2) is 37.2 Å². The van der Waals surface area contributed by atoms with Gasteiger partial charge in [0.2, 0.25) is 0 Å². The molecule has 30 heavy (non-hydrogen) atoms. The van der Waals surface area contributed by atoms with Crippen LogP contribution in [0.4, 0.5) is 0 Å². The number of benzene rings is 2. The molecule has 0 aliphatic carbocycles. The van der Waals surface area contributed by atoms with E-state index >= 15 is 0 Å². The van der Waals surface area contributed by atoms with Crippen molar-refractivity contribution in [1.29, 1.82) is 0 Å². The molecule has 2 aromatic carbocycles. The van der Waals surface area contributed by atoms with Gasteiger partial charge in [-0.15, -0.1) is 0 Å². The highest BCUT2D eigenvalue weighted by atomic mass is 28.4. The zero-order valence-corrected chi connectivity index (χ0v) is 19.9. The summed E-state index contributed by atoms with van der Waals surface area (Å²) >= 11 is 0. The van der Waals surface area contributed by atoms with E-state index in [0.29, 0.717) is 25.9 Å². The predicted octanol–water partition coefficient (Wildman–Crippen LogP) is 5.76. The standard InChI is InChI=1S/C25H36O4Si/c1-25(2,3)30(4,5)29-18-17-22(24(27)28)23(26)16-13-19-11-14-21(15-12-19)20-9-7-6-8-10-20/h6-12,14-15,22-23,26H,13,16-18H2,1-5H3,(H,27,28). The Morgan fingerprint density at radius 1 is 0.967 bits per heavy atom. The van der Waals surface area contributed by atoms with Gasteiger partial charge in [0.15, 0.2) is 8.32 Å². The minimum Gasteiger partial charge on any atom is -0.481 e. The minimum atomic E-state index is -1.92. The summed E-state index contributed by atoms with van der Waals surface area (Å²) in [7, 11) is -1.92. The first kappa shape index (κ1) is 24.3. The van der Waals surface area contributed by atoms with Crippen LogP contribution in [0.25, 0.3) is 11.1 Å². The quantitative estimate of drug-likeness (QED) is 0.472. The maximum Gasteiger partial charge on any atom is 0.309 e. The Bertz CT molecular complexity index is 794. The molecule has 0 amide bonds. The van der Waals surface area contributed by atoms with Crippen LogP contribution in [0.15, 0.2) is 54.6 Å². The second-order valence-corrected chi connectivity index (χ2v) is 14.3. The van der Waals surface area contributed by atoms with E-state index in [4.69, 9.17) is 4.43 Å². The summed E-state index contributed by atoms with van der Waals surface area (Å²) < 4.78 is 6.11. The molecule has 0 aliphatic rings. The summed E-state index contributed by atoms with van der Waals surface area (Å²) in [5, 5.41) is 20.2. The maximum absolute atomic E-state index is 11.7. The molecule has 0 spiro atoms. The van der Waals surface area contributed by atoms with Gasteiger partial charge in [-0.2, -0.15) is 0 Å². The fourth-order valence-corrected chi connectivity index (χ4v) is 4.21. The average Bonchev–Trinajstić information content (AvgIpc) is 2.69. The molecule has 0 fully saturated rings. The predicted molar refractivity (Wildman–Crippen MR) is 125 cm³/mol. The molecule has 2 rings (SSSR count). The van der Waals surface area contributed by atoms with Crippen LogP contribution in [0.2, 0.25) is 18.1 Å². The summed E-state index contributed by atoms with van der Waals surface area (Å²) in [5.74, 6) is -1.76. The Kier molecular flexibility index (Phi) is 8.41. The lowest BCUT2D eigenvalue weighted by Crippen LogP contribution is -2.41. The maximum atomic E-state index is 11.7. The van der Waals surface area contributed by atoms with Gasteiger partial charge in [0.05, 0.1) is 12.0 Å². The Morgan fingerprint density at radius 2 is 1.53 bits per heavy atom. The fraction of sp³-hybridized carbons (Fsp3) is 0.480. The van der Waals surface area contributed by atoms with Crippen LogP contribution >= 0.6 is 0 Å². The number of aryl methyl sites for hydroxylation is 1. The summed E-state index contributed by atoms with van der Waals surface area (Å²) in [6.07, 6.45) is 0.500. The van der Waals surface area contributed by atoms with E-state index in [1.165, 1.54) is 0 Å². The van der Waals surface area contributed by atoms with E-state index in [1.807, 2.05) is 30.3 Å². The zero-order valence-electron chi connectivity index (χ0n) is 18.9. The normalized spacial score (nSPS) is 14.3. The van der Waals surface area contributed by atoms with E-state index in [-0.39, 0.29) is 5.04 Å². The third kappa shape index (κ3) is 6.79. The Hall–Kier alpha value is -1.95. The molecule has 5 heteroatoms. The van der Waals surface area contributed by atoms with Crippen molar-refractivity contribution in [3.05, 3.63) is 60.2 Å². The fourth-order valence-electron chi connectivity index (χ4n) is 3.15. The van der Waals surface area contributed by atoms with Gasteiger partial charge in [-0.25, -0.2) is 0 Å². The largest absolute Gasteiger partial charge is 0.481 e. The summed E-state index contributed by atoms with van der Waals surface area (Å²) in [5.41, 5.74) is 3.40. The van der Waals surface area contributed by atoms with E-state index in [2.05, 4.69) is 58.1 Å². The molecular formula is C25H36O4Si. The van der Waals surface area contributed by atoms with Crippen molar-refractivity contribution < 1.29 is 19.4 Å². The molecule has 2 atom stereocenters. The van der Waals surface area contributed by atoms with Gasteiger partial charge in [-0.05, 0) is 54.1 Å². The molecule has 4 nitrogen and oxygen atoms in total. The van der Waals surface area contributed by atoms with Crippen molar-refractivity contribution in [3.63, 3.8) is 0 Å². The number of rotatable bonds is 10. The van der Waals surface area contributed by atoms with Gasteiger partial charge in [-0.3, -0.25) is 4.79 Å². The second-order valence-electron chi connectivity index (χ2n) is 9.51. The SMILES string of the molecule is CC(C)(C)[Si](C)(C)OCCC(C(=O)O)C(O)CCc1ccc(-c2ccccc2)cc1. The smallest absolute Gasteiger partial charge is 0.309 e. The molecule has 0 aromatic heterocycles. The van der Waals surface area contributed by atoms with Crippen molar-refractivity contribution in [3.8, 4) is 11.1 Å². The van der Waals surface area contributed by atoms with Crippen LogP contribution in [-0.2, 0) is 15.6 Å². The van der Waals surface area contributed by atoms with Crippen molar-refractivity contribution >= 4 is 14.3 Å². The molecule has 2 aromatic rings. The number of aliphatic hydroxyl groups excluding tert-OH is 1. The Morgan fingerprint density at radius 3 is 2.07 bits per heavy atom. The van der Waals surface area contributed by atoms with Gasteiger partial charge >= 0.3 is 5.97 Å². The number of carboxylic acid groups (broad SMARTS) is 1. The highest BCUT2D eigenvalue weighted by molar-refractivity contribution is 6.74. The minimum absolute atomic E-state index is 0.0796. The number of hydrogen-bond acceptors (Lipinski definition) is 3. The molecule has 0 saturated carbocycles. The van der Waals surface area contributed by atoms with Gasteiger partial charge in [0, 0.05) is 6.61 Å². The second kappa shape index (κ2) is 10.4. The number of aliphatic carboxylic acids is 1. The zero-order chi connectivity index (χ0) is 22.4. The molecular weight excluding hydrogens is 392 g/mol. The van der Waals surface area contributed by atoms with Crippen molar-refractivity contribution in [2.45, 2.75) is 64.3 Å². The molecule has 0 heterocycles. The summed E-state index contributed by atoms with van der Waals surface area (Å²) in [6.45, 7) is 11.1. The van der Waals surface area contributed by atoms with Gasteiger partial charge in [-0.1, -0.05) is 75.4 Å². The Labute approximate surface area is 182 Å². The van der Waals surface area contributed by atoms with Crippen molar-refractivity contribution in [2.75, 3.05) is 6.61 Å². The number of carboxylic acids is 1. The molecule has 164 valence electrons. The van der Waals surface area contributed by atoms with Gasteiger partial charge in [0.1, 0.15) is 0 Å². The third-order valence-electron chi connectivity index (χ3n) is 6.27. The summed E-state index contributed by atoms with van der Waals surface area (Å²) in [4.78, 5) is 11.7. The van der Waals surface area contributed by atoms with E-state index in [1.54, 1.807) is 0 Å². The lowest BCUT2D eigenvalue weighted by Gasteiger charge is -2.36. The molecule has 0 radical (unpaired) electrons. The topological polar surface area (TPSA) is 66.8 Å². The molecule has 2 unspecified atom stereocenters. The first-order chi connectivity index (χ1) is 14.0. The molecule has 0 bridgehead atoms. The van der Waals surface area contributed by atoms with E-state index < -0.39 is 26.3 Å². The number of aliphatic hydroxyl groups is 1. The monoisotopic (exact) mass is 428 g/mol. The lowest BCUT2D eigenvalue weighted by atomic mass is 9.93. The van der Waals surface area contributed by atoms with Crippen LogP contribution in [0.1, 0.15) is 39.2 Å². The molecule has 0 saturated heterocycles. The third-order valence-corrected chi connectivity index (χ3v) is 10.8. The summed E-state index contributed by atoms with van der Waals surface area (Å²) in [6, 6.07) is 18.4. The van der Waals surface area contributed by atoms with E-state index in [9.17, 15) is 15.0 Å². The highest BCUT2D eigenvalue weighted by Crippen LogP contribution is 2.36. The van der Waals surface area contributed by atoms with Gasteiger partial charge < -0.3 is 14.6 Å². The molecule has 2 N–H and O–H groups in total. The van der Waals surface area contributed by atoms with Crippen LogP contribution in [0.3, 0.4) is 0 Å². The number of carbonyl (C=O) groups is 1. The van der Waals surface area contributed by atoms with Crippen molar-refractivity contribution in [2.24, 2.45) is 5.92 Å². The van der Waals surface area contributed by atoms with Gasteiger partial charge in [0.25, 0.3) is 0 Å². The average molecular weight is 429 g/mol. The number of hydrogen-bond donors (Lipinski definition) is 2. The molecule has 0 aliphatic heterocycles. The van der Waals surface area contributed by atoms with Crippen LogP contribution in [0, 0.1) is 5.92 Å². The van der Waals surface area contributed by atoms with Crippen LogP contribution in [0.5, 0.6) is 0 Å². The lowest BCUT2D eigenvalue weighted by molar-refractivity contribution is -0.146.